The molecule has 0 saturated carbocycles. The maximum atomic E-state index is 13.6. The maximum Gasteiger partial charge on any atom is 0.254 e. The van der Waals surface area contributed by atoms with Crippen LogP contribution in [0.5, 0.6) is 11.5 Å². The summed E-state index contributed by atoms with van der Waals surface area (Å²) in [6.45, 7) is 4.83. The third-order valence-electron chi connectivity index (χ3n) is 8.15. The zero-order valence-corrected chi connectivity index (χ0v) is 22.0. The molecule has 2 fully saturated rings. The molecule has 2 aliphatic rings. The molecule has 5 rings (SSSR count). The molecule has 0 unspecified atom stereocenters. The van der Waals surface area contributed by atoms with Gasteiger partial charge in [-0.05, 0) is 73.5 Å². The zero-order chi connectivity index (χ0) is 25.6. The van der Waals surface area contributed by atoms with Gasteiger partial charge in [-0.15, -0.1) is 0 Å². The van der Waals surface area contributed by atoms with Crippen molar-refractivity contribution >= 4 is 5.91 Å². The number of amides is 1. The first-order chi connectivity index (χ1) is 18.1. The molecular weight excluding hydrogens is 460 g/mol. The third kappa shape index (κ3) is 5.99. The van der Waals surface area contributed by atoms with Crippen LogP contribution < -0.4 is 9.47 Å². The van der Waals surface area contributed by atoms with E-state index in [-0.39, 0.29) is 5.91 Å². The van der Waals surface area contributed by atoms with Crippen LogP contribution in [0.25, 0.3) is 0 Å². The predicted octanol–water partition coefficient (Wildman–Crippen LogP) is 5.51. The smallest absolute Gasteiger partial charge is 0.254 e. The lowest BCUT2D eigenvalue weighted by atomic mass is 9.86. The van der Waals surface area contributed by atoms with E-state index in [2.05, 4.69) is 65.6 Å². The maximum absolute atomic E-state index is 13.6. The van der Waals surface area contributed by atoms with Gasteiger partial charge in [-0.3, -0.25) is 4.79 Å². The Hall–Kier alpha value is -3.31. The molecule has 0 spiro atoms. The lowest BCUT2D eigenvalue weighted by Gasteiger charge is -2.34. The van der Waals surface area contributed by atoms with Crippen LogP contribution in [0.3, 0.4) is 0 Å². The van der Waals surface area contributed by atoms with E-state index < -0.39 is 0 Å². The van der Waals surface area contributed by atoms with E-state index in [1.54, 1.807) is 20.3 Å². The summed E-state index contributed by atoms with van der Waals surface area (Å²) in [5.74, 6) is 2.80. The average molecular weight is 499 g/mol. The molecule has 2 aliphatic heterocycles. The second-order valence-electron chi connectivity index (χ2n) is 10.5. The van der Waals surface area contributed by atoms with E-state index in [9.17, 15) is 4.79 Å². The molecule has 0 bridgehead atoms. The Bertz CT molecular complexity index is 1160. The summed E-state index contributed by atoms with van der Waals surface area (Å²) >= 11 is 0. The van der Waals surface area contributed by atoms with Crippen LogP contribution in [0.4, 0.5) is 0 Å². The third-order valence-corrected chi connectivity index (χ3v) is 8.15. The standard InChI is InChI=1S/C32H38N2O3/c1-36-30-14-13-27(20-31(30)37-2)32(35)34-22-28(29(23-34)26-11-7-4-8-12-26)21-33-17-15-25(16-18-33)19-24-9-5-3-6-10-24/h3-14,20,25,28-29H,15-19,21-23H2,1-2H3/t28-,29+/m1/s1. The van der Waals surface area contributed by atoms with Crippen molar-refractivity contribution in [3.05, 3.63) is 95.6 Å². The number of piperidine rings is 1. The molecule has 0 N–H and O–H groups in total. The highest BCUT2D eigenvalue weighted by molar-refractivity contribution is 5.95. The molecule has 0 radical (unpaired) electrons. The fourth-order valence-corrected chi connectivity index (χ4v) is 6.10. The summed E-state index contributed by atoms with van der Waals surface area (Å²) in [6.07, 6.45) is 3.66. The Morgan fingerprint density at radius 2 is 1.51 bits per heavy atom. The molecule has 2 atom stereocenters. The van der Waals surface area contributed by atoms with Crippen LogP contribution in [0.1, 0.15) is 40.2 Å². The summed E-state index contributed by atoms with van der Waals surface area (Å²) in [5, 5.41) is 0. The number of likely N-dealkylation sites (tertiary alicyclic amines) is 2. The van der Waals surface area contributed by atoms with Crippen molar-refractivity contribution in [2.24, 2.45) is 11.8 Å². The topological polar surface area (TPSA) is 42.0 Å². The summed E-state index contributed by atoms with van der Waals surface area (Å²) in [6, 6.07) is 27.0. The molecule has 2 saturated heterocycles. The van der Waals surface area contributed by atoms with Gasteiger partial charge in [-0.1, -0.05) is 60.7 Å². The van der Waals surface area contributed by atoms with Crippen molar-refractivity contribution in [1.82, 2.24) is 9.80 Å². The van der Waals surface area contributed by atoms with E-state index >= 15 is 0 Å². The summed E-state index contributed by atoms with van der Waals surface area (Å²) < 4.78 is 10.8. The average Bonchev–Trinajstić information content (AvgIpc) is 3.38. The Balaban J connectivity index is 1.26. The lowest BCUT2D eigenvalue weighted by molar-refractivity contribution is 0.0780. The lowest BCUT2D eigenvalue weighted by Crippen LogP contribution is -2.39. The number of benzene rings is 3. The Morgan fingerprint density at radius 1 is 0.838 bits per heavy atom. The first kappa shape index (κ1) is 25.3. The number of hydrogen-bond acceptors (Lipinski definition) is 4. The quantitative estimate of drug-likeness (QED) is 0.411. The first-order valence-corrected chi connectivity index (χ1v) is 13.5. The normalized spacial score (nSPS) is 20.6. The minimum absolute atomic E-state index is 0.0611. The van der Waals surface area contributed by atoms with Gasteiger partial charge in [0.15, 0.2) is 11.5 Å². The molecule has 2 heterocycles. The van der Waals surface area contributed by atoms with Crippen LogP contribution in [-0.2, 0) is 6.42 Å². The second-order valence-corrected chi connectivity index (χ2v) is 10.5. The van der Waals surface area contributed by atoms with E-state index in [0.717, 1.165) is 38.6 Å². The van der Waals surface area contributed by atoms with Gasteiger partial charge in [-0.25, -0.2) is 0 Å². The minimum Gasteiger partial charge on any atom is -0.493 e. The van der Waals surface area contributed by atoms with Crippen molar-refractivity contribution in [2.45, 2.75) is 25.2 Å². The monoisotopic (exact) mass is 498 g/mol. The first-order valence-electron chi connectivity index (χ1n) is 13.5. The molecule has 37 heavy (non-hydrogen) atoms. The van der Waals surface area contributed by atoms with E-state index in [0.29, 0.717) is 28.9 Å². The highest BCUT2D eigenvalue weighted by Crippen LogP contribution is 2.36. The van der Waals surface area contributed by atoms with Crippen molar-refractivity contribution < 1.29 is 14.3 Å². The predicted molar refractivity (Wildman–Crippen MR) is 147 cm³/mol. The van der Waals surface area contributed by atoms with Crippen LogP contribution in [0.2, 0.25) is 0 Å². The van der Waals surface area contributed by atoms with Crippen molar-refractivity contribution in [3.63, 3.8) is 0 Å². The fourth-order valence-electron chi connectivity index (χ4n) is 6.10. The molecule has 194 valence electrons. The minimum atomic E-state index is 0.0611. The van der Waals surface area contributed by atoms with Crippen molar-refractivity contribution in [3.8, 4) is 11.5 Å². The molecular formula is C32H38N2O3. The van der Waals surface area contributed by atoms with Gasteiger partial charge in [-0.2, -0.15) is 0 Å². The number of carbonyl (C=O) groups excluding carboxylic acids is 1. The highest BCUT2D eigenvalue weighted by Gasteiger charge is 2.38. The molecule has 5 heteroatoms. The Morgan fingerprint density at radius 3 is 2.19 bits per heavy atom. The fraction of sp³-hybridized carbons (Fsp3) is 0.406. The molecule has 3 aromatic rings. The SMILES string of the molecule is COc1ccc(C(=O)N2C[C@@H](CN3CCC(Cc4ccccc4)CC3)[C@H](c3ccccc3)C2)cc1OC. The van der Waals surface area contributed by atoms with Crippen LogP contribution in [0, 0.1) is 11.8 Å². The van der Waals surface area contributed by atoms with Crippen molar-refractivity contribution in [2.75, 3.05) is 46.9 Å². The molecule has 3 aromatic carbocycles. The van der Waals surface area contributed by atoms with E-state index in [1.807, 2.05) is 17.0 Å². The van der Waals surface area contributed by atoms with Crippen molar-refractivity contribution in [1.29, 1.82) is 0 Å². The van der Waals surface area contributed by atoms with Gasteiger partial charge in [0.25, 0.3) is 5.91 Å². The van der Waals surface area contributed by atoms with E-state index in [4.69, 9.17) is 9.47 Å². The van der Waals surface area contributed by atoms with Crippen LogP contribution in [0.15, 0.2) is 78.9 Å². The highest BCUT2D eigenvalue weighted by atomic mass is 16.5. The van der Waals surface area contributed by atoms with Gasteiger partial charge in [0.05, 0.1) is 14.2 Å². The largest absolute Gasteiger partial charge is 0.493 e. The van der Waals surface area contributed by atoms with Gasteiger partial charge in [0.2, 0.25) is 0 Å². The molecule has 0 aromatic heterocycles. The Kier molecular flexibility index (Phi) is 8.10. The molecule has 1 amide bonds. The number of carbonyl (C=O) groups is 1. The number of hydrogen-bond donors (Lipinski definition) is 0. The second kappa shape index (κ2) is 11.8. The molecule has 5 nitrogen and oxygen atoms in total. The number of ether oxygens (including phenoxy) is 2. The van der Waals surface area contributed by atoms with Crippen LogP contribution in [-0.4, -0.2) is 62.7 Å². The zero-order valence-electron chi connectivity index (χ0n) is 22.0. The number of methoxy groups -OCH3 is 2. The van der Waals surface area contributed by atoms with Gasteiger partial charge < -0.3 is 19.3 Å². The Labute approximate surface area is 221 Å². The number of rotatable bonds is 8. The summed E-state index contributed by atoms with van der Waals surface area (Å²) in [5.41, 5.74) is 3.42. The summed E-state index contributed by atoms with van der Waals surface area (Å²) in [4.78, 5) is 18.2. The van der Waals surface area contributed by atoms with Crippen LogP contribution >= 0.6 is 0 Å². The van der Waals surface area contributed by atoms with E-state index in [1.165, 1.54) is 30.4 Å². The van der Waals surface area contributed by atoms with Gasteiger partial charge in [0.1, 0.15) is 0 Å². The molecule has 0 aliphatic carbocycles. The van der Waals surface area contributed by atoms with Gasteiger partial charge in [0, 0.05) is 31.1 Å². The van der Waals surface area contributed by atoms with Gasteiger partial charge >= 0.3 is 0 Å². The number of nitrogens with zero attached hydrogens (tertiary/aromatic N) is 2. The summed E-state index contributed by atoms with van der Waals surface area (Å²) in [7, 11) is 3.21.